The number of aromatic amines is 1. The van der Waals surface area contributed by atoms with Gasteiger partial charge < -0.3 is 10.2 Å². The molecule has 0 amide bonds. The molecule has 1 aromatic heterocycles. The number of rotatable bonds is 3. The highest BCUT2D eigenvalue weighted by Gasteiger charge is 2.21. The SMILES string of the molecule is S=C(c1n[nH]nc1Nc1ccc(Cl)cc1)N1CCCC1. The summed E-state index contributed by atoms with van der Waals surface area (Å²) in [6, 6.07) is 7.42. The molecule has 2 heterocycles. The van der Waals surface area contributed by atoms with Crippen LogP contribution in [0.2, 0.25) is 5.02 Å². The van der Waals surface area contributed by atoms with Crippen LogP contribution < -0.4 is 5.32 Å². The summed E-state index contributed by atoms with van der Waals surface area (Å²) in [5.74, 6) is 0.643. The Labute approximate surface area is 127 Å². The van der Waals surface area contributed by atoms with E-state index in [-0.39, 0.29) is 0 Å². The third-order valence-corrected chi connectivity index (χ3v) is 3.95. The Morgan fingerprint density at radius 1 is 1.20 bits per heavy atom. The van der Waals surface area contributed by atoms with Crippen molar-refractivity contribution in [1.29, 1.82) is 0 Å². The minimum atomic E-state index is 0.643. The number of halogens is 1. The third-order valence-electron chi connectivity index (χ3n) is 3.25. The minimum absolute atomic E-state index is 0.643. The number of benzene rings is 1. The van der Waals surface area contributed by atoms with Gasteiger partial charge in [0.1, 0.15) is 4.99 Å². The summed E-state index contributed by atoms with van der Waals surface area (Å²) < 4.78 is 0. The van der Waals surface area contributed by atoms with E-state index < -0.39 is 0 Å². The Balaban J connectivity index is 1.79. The van der Waals surface area contributed by atoms with Crippen molar-refractivity contribution >= 4 is 40.3 Å². The molecule has 0 spiro atoms. The summed E-state index contributed by atoms with van der Waals surface area (Å²) in [7, 11) is 0. The molecule has 1 fully saturated rings. The first-order chi connectivity index (χ1) is 9.74. The number of nitrogens with zero attached hydrogens (tertiary/aromatic N) is 3. The van der Waals surface area contributed by atoms with Gasteiger partial charge in [-0.2, -0.15) is 10.3 Å². The Morgan fingerprint density at radius 2 is 1.90 bits per heavy atom. The van der Waals surface area contributed by atoms with E-state index in [1.54, 1.807) is 0 Å². The quantitative estimate of drug-likeness (QED) is 0.854. The van der Waals surface area contributed by atoms with Gasteiger partial charge in [-0.05, 0) is 37.1 Å². The van der Waals surface area contributed by atoms with Gasteiger partial charge in [-0.3, -0.25) is 0 Å². The maximum atomic E-state index is 5.87. The van der Waals surface area contributed by atoms with Crippen LogP contribution in [0, 0.1) is 0 Å². The molecule has 20 heavy (non-hydrogen) atoms. The monoisotopic (exact) mass is 307 g/mol. The lowest BCUT2D eigenvalue weighted by Gasteiger charge is -2.17. The van der Waals surface area contributed by atoms with Gasteiger partial charge in [0, 0.05) is 23.8 Å². The normalized spacial score (nSPS) is 14.6. The van der Waals surface area contributed by atoms with Gasteiger partial charge >= 0.3 is 0 Å². The Kier molecular flexibility index (Phi) is 3.84. The van der Waals surface area contributed by atoms with Gasteiger partial charge in [0.2, 0.25) is 0 Å². The summed E-state index contributed by atoms with van der Waals surface area (Å²) in [5.41, 5.74) is 1.59. The molecule has 0 saturated carbocycles. The van der Waals surface area contributed by atoms with Crippen molar-refractivity contribution in [1.82, 2.24) is 20.3 Å². The summed E-state index contributed by atoms with van der Waals surface area (Å²) in [6.07, 6.45) is 2.36. The first-order valence-corrected chi connectivity index (χ1v) is 7.25. The zero-order valence-electron chi connectivity index (χ0n) is 10.8. The van der Waals surface area contributed by atoms with E-state index in [4.69, 9.17) is 23.8 Å². The van der Waals surface area contributed by atoms with Crippen molar-refractivity contribution < 1.29 is 0 Å². The lowest BCUT2D eigenvalue weighted by Crippen LogP contribution is -2.27. The number of hydrogen-bond acceptors (Lipinski definition) is 4. The first kappa shape index (κ1) is 13.3. The summed E-state index contributed by atoms with van der Waals surface area (Å²) >= 11 is 11.4. The number of hydrogen-bond donors (Lipinski definition) is 2. The molecule has 0 aliphatic carbocycles. The van der Waals surface area contributed by atoms with Gasteiger partial charge in [-0.25, -0.2) is 0 Å². The molecule has 104 valence electrons. The molecule has 5 nitrogen and oxygen atoms in total. The van der Waals surface area contributed by atoms with Gasteiger partial charge in [0.15, 0.2) is 11.5 Å². The minimum Gasteiger partial charge on any atom is -0.361 e. The number of anilines is 2. The number of nitrogens with one attached hydrogen (secondary N) is 2. The fourth-order valence-electron chi connectivity index (χ4n) is 2.21. The topological polar surface area (TPSA) is 56.8 Å². The molecule has 7 heteroatoms. The van der Waals surface area contributed by atoms with E-state index in [9.17, 15) is 0 Å². The van der Waals surface area contributed by atoms with Gasteiger partial charge in [-0.1, -0.05) is 23.8 Å². The summed E-state index contributed by atoms with van der Waals surface area (Å²) in [4.78, 5) is 2.91. The predicted octanol–water partition coefficient (Wildman–Crippen LogP) is 2.97. The molecule has 0 atom stereocenters. The Hall–Kier alpha value is -1.66. The van der Waals surface area contributed by atoms with Crippen LogP contribution in [0.25, 0.3) is 0 Å². The fraction of sp³-hybridized carbons (Fsp3) is 0.308. The standard InChI is InChI=1S/C13H14ClN5S/c14-9-3-5-10(6-4-9)15-12-11(16-18-17-12)13(20)19-7-1-2-8-19/h3-6H,1-2,7-8H2,(H2,15,16,17,18). The molecular formula is C13H14ClN5S. The molecule has 2 N–H and O–H groups in total. The van der Waals surface area contributed by atoms with Crippen LogP contribution in [0.4, 0.5) is 11.5 Å². The van der Waals surface area contributed by atoms with Crippen LogP contribution >= 0.6 is 23.8 Å². The smallest absolute Gasteiger partial charge is 0.183 e. The average Bonchev–Trinajstić information content (AvgIpc) is 3.12. The molecule has 1 saturated heterocycles. The van der Waals surface area contributed by atoms with Crippen LogP contribution in [0.3, 0.4) is 0 Å². The van der Waals surface area contributed by atoms with Crippen LogP contribution in [-0.4, -0.2) is 38.4 Å². The molecule has 0 radical (unpaired) electrons. The van der Waals surface area contributed by atoms with E-state index in [1.165, 1.54) is 12.8 Å². The predicted molar refractivity (Wildman–Crippen MR) is 83.6 cm³/mol. The van der Waals surface area contributed by atoms with Crippen molar-refractivity contribution in [2.45, 2.75) is 12.8 Å². The van der Waals surface area contributed by atoms with Crippen molar-refractivity contribution in [3.05, 3.63) is 35.0 Å². The van der Waals surface area contributed by atoms with Crippen molar-refractivity contribution in [3.63, 3.8) is 0 Å². The van der Waals surface area contributed by atoms with E-state index in [0.29, 0.717) is 16.5 Å². The largest absolute Gasteiger partial charge is 0.361 e. The van der Waals surface area contributed by atoms with E-state index in [2.05, 4.69) is 25.6 Å². The highest BCUT2D eigenvalue weighted by molar-refractivity contribution is 7.80. The number of H-pyrrole nitrogens is 1. The molecule has 3 rings (SSSR count). The van der Waals surface area contributed by atoms with Crippen LogP contribution in [-0.2, 0) is 0 Å². The average molecular weight is 308 g/mol. The molecule has 2 aromatic rings. The number of thiocarbonyl (C=S) groups is 1. The number of likely N-dealkylation sites (tertiary alicyclic amines) is 1. The van der Waals surface area contributed by atoms with Gasteiger partial charge in [-0.15, -0.1) is 5.10 Å². The molecule has 1 aliphatic heterocycles. The van der Waals surface area contributed by atoms with Gasteiger partial charge in [0.25, 0.3) is 0 Å². The van der Waals surface area contributed by atoms with Crippen molar-refractivity contribution in [3.8, 4) is 0 Å². The second-order valence-corrected chi connectivity index (χ2v) is 5.48. The lowest BCUT2D eigenvalue weighted by molar-refractivity contribution is 0.529. The Bertz CT molecular complexity index is 603. The van der Waals surface area contributed by atoms with Crippen LogP contribution in [0.15, 0.2) is 24.3 Å². The zero-order chi connectivity index (χ0) is 13.9. The summed E-state index contributed by atoms with van der Waals surface area (Å²) in [6.45, 7) is 1.98. The first-order valence-electron chi connectivity index (χ1n) is 6.46. The highest BCUT2D eigenvalue weighted by atomic mass is 35.5. The van der Waals surface area contributed by atoms with Crippen molar-refractivity contribution in [2.24, 2.45) is 0 Å². The molecular weight excluding hydrogens is 294 g/mol. The van der Waals surface area contributed by atoms with E-state index in [1.807, 2.05) is 24.3 Å². The maximum Gasteiger partial charge on any atom is 0.183 e. The molecule has 1 aromatic carbocycles. The van der Waals surface area contributed by atoms with Gasteiger partial charge in [0.05, 0.1) is 0 Å². The Morgan fingerprint density at radius 3 is 2.60 bits per heavy atom. The molecule has 1 aliphatic rings. The second kappa shape index (κ2) is 5.76. The van der Waals surface area contributed by atoms with Crippen LogP contribution in [0.5, 0.6) is 0 Å². The molecule has 0 bridgehead atoms. The second-order valence-electron chi connectivity index (χ2n) is 4.65. The zero-order valence-corrected chi connectivity index (χ0v) is 12.3. The summed E-state index contributed by atoms with van der Waals surface area (Å²) in [5, 5.41) is 14.8. The van der Waals surface area contributed by atoms with E-state index >= 15 is 0 Å². The maximum absolute atomic E-state index is 5.87. The lowest BCUT2D eigenvalue weighted by atomic mass is 10.3. The number of aromatic nitrogens is 3. The third kappa shape index (κ3) is 2.76. The van der Waals surface area contributed by atoms with Crippen LogP contribution in [0.1, 0.15) is 18.5 Å². The van der Waals surface area contributed by atoms with E-state index in [0.717, 1.165) is 23.8 Å². The highest BCUT2D eigenvalue weighted by Crippen LogP contribution is 2.21. The van der Waals surface area contributed by atoms with Crippen molar-refractivity contribution in [2.75, 3.05) is 18.4 Å². The fourth-order valence-corrected chi connectivity index (χ4v) is 2.66. The molecule has 0 unspecified atom stereocenters.